The van der Waals surface area contributed by atoms with E-state index >= 15 is 0 Å². The molecular formula is C26H54N2O11. The Kier molecular flexibility index (Phi) is 25.2. The van der Waals surface area contributed by atoms with Crippen LogP contribution in [0.4, 0.5) is 0 Å². The maximum absolute atomic E-state index is 11.2. The molecule has 0 spiro atoms. The van der Waals surface area contributed by atoms with Crippen molar-refractivity contribution in [2.45, 2.75) is 66.3 Å². The number of esters is 2. The Morgan fingerprint density at radius 1 is 0.692 bits per heavy atom. The number of aliphatic hydroxyl groups is 3. The third-order valence-corrected chi connectivity index (χ3v) is 4.42. The predicted octanol–water partition coefficient (Wildman–Crippen LogP) is -2.23. The van der Waals surface area contributed by atoms with E-state index in [1.807, 2.05) is 42.3 Å². The normalized spacial score (nSPS) is 13.3. The molecule has 13 heteroatoms. The van der Waals surface area contributed by atoms with Gasteiger partial charge in [-0.05, 0) is 25.2 Å². The van der Waals surface area contributed by atoms with Crippen LogP contribution in [0.15, 0.2) is 0 Å². The van der Waals surface area contributed by atoms with E-state index in [1.54, 1.807) is 34.6 Å². The van der Waals surface area contributed by atoms with Crippen molar-refractivity contribution in [1.82, 2.24) is 0 Å². The van der Waals surface area contributed by atoms with E-state index in [0.717, 1.165) is 29.0 Å². The van der Waals surface area contributed by atoms with Gasteiger partial charge >= 0.3 is 11.9 Å². The maximum Gasteiger partial charge on any atom is 0.335 e. The lowest BCUT2D eigenvalue weighted by molar-refractivity contribution is -0.870. The van der Waals surface area contributed by atoms with E-state index < -0.39 is 42.2 Å². The number of carbonyl (C=O) groups excluding carboxylic acids is 4. The molecule has 0 saturated carbocycles. The van der Waals surface area contributed by atoms with Gasteiger partial charge in [0.2, 0.25) is 0 Å². The summed E-state index contributed by atoms with van der Waals surface area (Å²) in [5.74, 6) is -3.71. The second-order valence-electron chi connectivity index (χ2n) is 11.5. The topological polar surface area (TPSA) is 194 Å². The van der Waals surface area contributed by atoms with Crippen LogP contribution in [0.2, 0.25) is 0 Å². The zero-order chi connectivity index (χ0) is 32.1. The van der Waals surface area contributed by atoms with Crippen LogP contribution >= 0.6 is 0 Å². The third kappa shape index (κ3) is 35.7. The molecule has 0 heterocycles. The molecule has 234 valence electrons. The van der Waals surface area contributed by atoms with Crippen molar-refractivity contribution >= 4 is 23.9 Å². The fraction of sp³-hybridized carbons (Fsp3) is 0.846. The quantitative estimate of drug-likeness (QED) is 0.170. The summed E-state index contributed by atoms with van der Waals surface area (Å²) in [5, 5.41) is 45.4. The van der Waals surface area contributed by atoms with Gasteiger partial charge in [-0.1, -0.05) is 34.6 Å². The van der Waals surface area contributed by atoms with E-state index in [4.69, 9.17) is 24.5 Å². The minimum atomic E-state index is -1.40. The highest BCUT2D eigenvalue weighted by Crippen LogP contribution is 2.04. The lowest BCUT2D eigenvalue weighted by atomic mass is 10.1. The fourth-order valence-corrected chi connectivity index (χ4v) is 1.72. The Morgan fingerprint density at radius 3 is 1.08 bits per heavy atom. The lowest BCUT2D eigenvalue weighted by Gasteiger charge is -2.23. The summed E-state index contributed by atoms with van der Waals surface area (Å²) in [4.78, 5) is 40.8. The summed E-state index contributed by atoms with van der Waals surface area (Å²) >= 11 is 0. The molecule has 3 N–H and O–H groups in total. The average Bonchev–Trinajstić information content (AvgIpc) is 2.75. The molecule has 0 saturated heterocycles. The molecule has 0 aliphatic rings. The molecular weight excluding hydrogens is 516 g/mol. The lowest BCUT2D eigenvalue weighted by Crippen LogP contribution is -2.39. The minimum Gasteiger partial charge on any atom is -0.550 e. The highest BCUT2D eigenvalue weighted by atomic mass is 16.6. The number of carbonyl (C=O) groups is 4. The summed E-state index contributed by atoms with van der Waals surface area (Å²) < 4.78 is 11.4. The van der Waals surface area contributed by atoms with Gasteiger partial charge in [-0.15, -0.1) is 0 Å². The van der Waals surface area contributed by atoms with Crippen molar-refractivity contribution in [2.75, 3.05) is 68.6 Å². The van der Waals surface area contributed by atoms with Crippen LogP contribution in [0.25, 0.3) is 0 Å². The average molecular weight is 571 g/mol. The van der Waals surface area contributed by atoms with Crippen LogP contribution in [0.1, 0.15) is 48.0 Å². The molecule has 13 nitrogen and oxygen atoms in total. The molecule has 0 aromatic rings. The molecule has 3 unspecified atom stereocenters. The number of hydrogen-bond acceptors (Lipinski definition) is 11. The Balaban J connectivity index is -0.000000230. The number of aliphatic carboxylic acids is 2. The first-order valence-electron chi connectivity index (χ1n) is 12.8. The smallest absolute Gasteiger partial charge is 0.335 e. The number of likely N-dealkylation sites (N-methyl/N-ethyl adjacent to an activating group) is 2. The van der Waals surface area contributed by atoms with Gasteiger partial charge in [-0.2, -0.15) is 0 Å². The van der Waals surface area contributed by atoms with Crippen molar-refractivity contribution in [2.24, 2.45) is 11.8 Å². The van der Waals surface area contributed by atoms with Gasteiger partial charge < -0.3 is 53.6 Å². The molecule has 0 rings (SSSR count). The maximum atomic E-state index is 11.2. The molecule has 3 atom stereocenters. The monoisotopic (exact) mass is 570 g/mol. The molecule has 0 aromatic carbocycles. The van der Waals surface area contributed by atoms with Gasteiger partial charge in [0.05, 0.1) is 54.4 Å². The van der Waals surface area contributed by atoms with Crippen LogP contribution in [0.3, 0.4) is 0 Å². The Bertz CT molecular complexity index is 638. The largest absolute Gasteiger partial charge is 0.550 e. The highest BCUT2D eigenvalue weighted by molar-refractivity contribution is 5.75. The first-order chi connectivity index (χ1) is 17.4. The zero-order valence-corrected chi connectivity index (χ0v) is 25.9. The van der Waals surface area contributed by atoms with Gasteiger partial charge in [0, 0.05) is 5.97 Å². The molecule has 39 heavy (non-hydrogen) atoms. The number of rotatable bonds is 12. The first kappa shape index (κ1) is 43.7. The second-order valence-corrected chi connectivity index (χ2v) is 11.5. The minimum absolute atomic E-state index is 0.0911. The standard InChI is InChI=1S/2C10H22NO3.C4H8O3.C2H4O2/c2*1-8(2)9(12)10(13)14-7-6-11(3,4)5;1-2-3(5)4(6)7;1-2(3)4/h2*8-9,12H,6-7H2,1-5H3;3,5H,2H2,1H3,(H,6,7);1H3,(H,3,4)/q2*+1;;/p-2. The van der Waals surface area contributed by atoms with E-state index in [9.17, 15) is 29.7 Å². The Labute approximate surface area is 234 Å². The zero-order valence-electron chi connectivity index (χ0n) is 25.9. The Hall–Kier alpha value is -2.32. The number of carboxylic acids is 2. The molecule has 0 radical (unpaired) electrons. The van der Waals surface area contributed by atoms with E-state index in [2.05, 4.69) is 0 Å². The number of quaternary nitrogens is 2. The van der Waals surface area contributed by atoms with Gasteiger partial charge in [-0.3, -0.25) is 0 Å². The summed E-state index contributed by atoms with van der Waals surface area (Å²) in [5.41, 5.74) is 0. The number of nitrogens with zero attached hydrogens (tertiary/aromatic N) is 2. The van der Waals surface area contributed by atoms with Gasteiger partial charge in [0.25, 0.3) is 0 Å². The van der Waals surface area contributed by atoms with Gasteiger partial charge in [0.1, 0.15) is 26.3 Å². The van der Waals surface area contributed by atoms with Gasteiger partial charge in [-0.25, -0.2) is 9.59 Å². The first-order valence-corrected chi connectivity index (χ1v) is 12.8. The van der Waals surface area contributed by atoms with Crippen LogP contribution < -0.4 is 10.2 Å². The number of hydrogen-bond donors (Lipinski definition) is 3. The summed E-state index contributed by atoms with van der Waals surface area (Å²) in [7, 11) is 12.1. The van der Waals surface area contributed by atoms with Crippen molar-refractivity contribution in [3.63, 3.8) is 0 Å². The summed E-state index contributed by atoms with van der Waals surface area (Å²) in [6, 6.07) is 0. The molecule has 0 amide bonds. The number of ether oxygens (including phenoxy) is 2. The van der Waals surface area contributed by atoms with Crippen LogP contribution in [-0.2, 0) is 28.7 Å². The predicted molar refractivity (Wildman–Crippen MR) is 141 cm³/mol. The SMILES string of the molecule is CC(=O)[O-].CC(C)C(O)C(=O)OCC[N+](C)(C)C.CC(C)C(O)C(=O)OCC[N+](C)(C)C.CCC(O)C(=O)[O-]. The van der Waals surface area contributed by atoms with Crippen LogP contribution in [-0.4, -0.2) is 135 Å². The number of carboxylic acid groups (broad SMARTS) is 2. The molecule has 0 aliphatic heterocycles. The second kappa shape index (κ2) is 22.5. The van der Waals surface area contributed by atoms with Crippen molar-refractivity contribution in [1.29, 1.82) is 0 Å². The fourth-order valence-electron chi connectivity index (χ4n) is 1.72. The Morgan fingerprint density at radius 2 is 0.949 bits per heavy atom. The number of aliphatic hydroxyl groups excluding tert-OH is 3. The van der Waals surface area contributed by atoms with E-state index in [1.165, 1.54) is 0 Å². The van der Waals surface area contributed by atoms with E-state index in [0.29, 0.717) is 13.2 Å². The summed E-state index contributed by atoms with van der Waals surface area (Å²) in [6.07, 6.45) is -3.08. The molecule has 0 aliphatic carbocycles. The van der Waals surface area contributed by atoms with Crippen LogP contribution in [0.5, 0.6) is 0 Å². The third-order valence-electron chi connectivity index (χ3n) is 4.42. The highest BCUT2D eigenvalue weighted by Gasteiger charge is 2.22. The van der Waals surface area contributed by atoms with E-state index in [-0.39, 0.29) is 18.3 Å². The van der Waals surface area contributed by atoms with Crippen molar-refractivity contribution < 1.29 is 63.2 Å². The van der Waals surface area contributed by atoms with Crippen molar-refractivity contribution in [3.8, 4) is 0 Å². The molecule has 0 bridgehead atoms. The van der Waals surface area contributed by atoms with Gasteiger partial charge in [0.15, 0.2) is 12.2 Å². The molecule has 0 fully saturated rings. The van der Waals surface area contributed by atoms with Crippen molar-refractivity contribution in [3.05, 3.63) is 0 Å². The molecule has 0 aromatic heterocycles. The van der Waals surface area contributed by atoms with Crippen LogP contribution in [0, 0.1) is 11.8 Å². The summed E-state index contributed by atoms with van der Waals surface area (Å²) in [6.45, 7) is 11.9.